The lowest BCUT2D eigenvalue weighted by molar-refractivity contribution is -0.163. The fraction of sp³-hybridized carbons (Fsp3) is 0.457. The van der Waals surface area contributed by atoms with Crippen LogP contribution >= 0.6 is 0 Å². The molecule has 3 aromatic carbocycles. The van der Waals surface area contributed by atoms with E-state index in [4.69, 9.17) is 18.4 Å². The van der Waals surface area contributed by atoms with Crippen LogP contribution in [0.5, 0.6) is 11.5 Å². The van der Waals surface area contributed by atoms with Crippen molar-refractivity contribution in [3.63, 3.8) is 0 Å². The number of benzene rings is 3. The standard InChI is InChI=1S/C35H42N4O8S/c1-4-44-33(41)20-30(29-12-13-31-35(24(29)3)36-37-39(31)15-7-17-46-34-8-5-6-16-45-34)25-10-9-23(2)26(18-25)21-38-22-27-19-28(40)11-14-32(27)47-48(38,42)43/h9-14,18-19,30,34,40H,4-8,15-17,20-22H2,1-3H3. The average molecular weight is 679 g/mol. The van der Waals surface area contributed by atoms with E-state index in [1.54, 1.807) is 6.92 Å². The van der Waals surface area contributed by atoms with Crippen LogP contribution in [0.25, 0.3) is 11.0 Å². The number of hydrogen-bond acceptors (Lipinski definition) is 10. The molecule has 12 nitrogen and oxygen atoms in total. The number of carbonyl (C=O) groups is 1. The van der Waals surface area contributed by atoms with Crippen molar-refractivity contribution < 1.29 is 36.7 Å². The highest BCUT2D eigenvalue weighted by Gasteiger charge is 2.32. The Morgan fingerprint density at radius 1 is 1.12 bits per heavy atom. The number of aromatic hydroxyl groups is 1. The molecule has 2 atom stereocenters. The normalized spacial score (nSPS) is 18.3. The van der Waals surface area contributed by atoms with Gasteiger partial charge >= 0.3 is 16.3 Å². The predicted octanol–water partition coefficient (Wildman–Crippen LogP) is 5.41. The molecule has 1 N–H and O–H groups in total. The van der Waals surface area contributed by atoms with Crippen LogP contribution in [0.2, 0.25) is 0 Å². The lowest BCUT2D eigenvalue weighted by atomic mass is 9.84. The minimum Gasteiger partial charge on any atom is -0.508 e. The summed E-state index contributed by atoms with van der Waals surface area (Å²) in [6.45, 7) is 7.99. The molecule has 256 valence electrons. The number of aryl methyl sites for hydroxylation is 3. The highest BCUT2D eigenvalue weighted by Crippen LogP contribution is 2.36. The molecule has 4 aromatic rings. The Morgan fingerprint density at radius 3 is 2.77 bits per heavy atom. The molecule has 6 rings (SSSR count). The topological polar surface area (TPSA) is 142 Å². The van der Waals surface area contributed by atoms with Gasteiger partial charge in [-0.1, -0.05) is 29.5 Å². The molecule has 2 unspecified atom stereocenters. The summed E-state index contributed by atoms with van der Waals surface area (Å²) in [5.74, 6) is -0.483. The number of ether oxygens (including phenoxy) is 3. The van der Waals surface area contributed by atoms with E-state index >= 15 is 0 Å². The van der Waals surface area contributed by atoms with Crippen LogP contribution in [0, 0.1) is 13.8 Å². The largest absolute Gasteiger partial charge is 0.508 e. The molecule has 2 aliphatic rings. The van der Waals surface area contributed by atoms with Gasteiger partial charge in [0.15, 0.2) is 6.29 Å². The van der Waals surface area contributed by atoms with E-state index in [-0.39, 0.29) is 55.8 Å². The minimum atomic E-state index is -4.07. The van der Waals surface area contributed by atoms with Gasteiger partial charge in [0.2, 0.25) is 0 Å². The fourth-order valence-electron chi connectivity index (χ4n) is 6.40. The number of rotatable bonds is 12. The zero-order valence-corrected chi connectivity index (χ0v) is 28.4. The first kappa shape index (κ1) is 33.8. The van der Waals surface area contributed by atoms with E-state index in [2.05, 4.69) is 10.3 Å². The van der Waals surface area contributed by atoms with Crippen molar-refractivity contribution in [1.29, 1.82) is 0 Å². The zero-order chi connectivity index (χ0) is 33.8. The molecule has 1 aromatic heterocycles. The number of aromatic nitrogens is 3. The van der Waals surface area contributed by atoms with Gasteiger partial charge in [0.1, 0.15) is 17.0 Å². The van der Waals surface area contributed by atoms with Crippen molar-refractivity contribution in [2.45, 2.75) is 84.7 Å². The van der Waals surface area contributed by atoms with Crippen LogP contribution < -0.4 is 4.18 Å². The third-order valence-corrected chi connectivity index (χ3v) is 10.3. The highest BCUT2D eigenvalue weighted by molar-refractivity contribution is 7.84. The Morgan fingerprint density at radius 2 is 1.98 bits per heavy atom. The number of carbonyl (C=O) groups excluding carboxylic acids is 1. The molecule has 1 saturated heterocycles. The van der Waals surface area contributed by atoms with Crippen LogP contribution in [0.3, 0.4) is 0 Å². The minimum absolute atomic E-state index is 0.0303. The molecule has 48 heavy (non-hydrogen) atoms. The second-order valence-corrected chi connectivity index (χ2v) is 13.9. The third kappa shape index (κ3) is 7.49. The van der Waals surface area contributed by atoms with Gasteiger partial charge in [-0.05, 0) is 98.5 Å². The van der Waals surface area contributed by atoms with Crippen molar-refractivity contribution in [2.24, 2.45) is 0 Å². The van der Waals surface area contributed by atoms with Gasteiger partial charge in [-0.3, -0.25) is 4.79 Å². The molecular formula is C35H42N4O8S. The fourth-order valence-corrected chi connectivity index (χ4v) is 7.49. The summed E-state index contributed by atoms with van der Waals surface area (Å²) in [6.07, 6.45) is 3.86. The van der Waals surface area contributed by atoms with Crippen molar-refractivity contribution in [2.75, 3.05) is 19.8 Å². The summed E-state index contributed by atoms with van der Waals surface area (Å²) in [6, 6.07) is 14.2. The summed E-state index contributed by atoms with van der Waals surface area (Å²) in [7, 11) is -4.07. The maximum Gasteiger partial charge on any atom is 0.385 e. The van der Waals surface area contributed by atoms with Crippen LogP contribution in [0.15, 0.2) is 48.5 Å². The first-order chi connectivity index (χ1) is 23.1. The lowest BCUT2D eigenvalue weighted by Crippen LogP contribution is -2.37. The van der Waals surface area contributed by atoms with E-state index < -0.39 is 10.3 Å². The molecule has 0 spiro atoms. The second-order valence-electron chi connectivity index (χ2n) is 12.3. The summed E-state index contributed by atoms with van der Waals surface area (Å²) >= 11 is 0. The Hall–Kier alpha value is -4.04. The molecule has 0 bridgehead atoms. The van der Waals surface area contributed by atoms with Crippen LogP contribution in [0.4, 0.5) is 0 Å². The van der Waals surface area contributed by atoms with E-state index in [1.165, 1.54) is 22.5 Å². The lowest BCUT2D eigenvalue weighted by Gasteiger charge is -2.28. The Bertz CT molecular complexity index is 1890. The van der Waals surface area contributed by atoms with Gasteiger partial charge in [-0.25, -0.2) is 4.68 Å². The second kappa shape index (κ2) is 14.6. The SMILES string of the molecule is CCOC(=O)CC(c1ccc(C)c(CN2Cc3cc(O)ccc3OS2(=O)=O)c1)c1ccc2c(nnn2CCCOC2CCCCO2)c1C. The molecular weight excluding hydrogens is 636 g/mol. The van der Waals surface area contributed by atoms with Gasteiger partial charge in [-0.2, -0.15) is 12.7 Å². The van der Waals surface area contributed by atoms with Gasteiger partial charge < -0.3 is 23.5 Å². The zero-order valence-electron chi connectivity index (χ0n) is 27.6. The molecule has 0 saturated carbocycles. The van der Waals surface area contributed by atoms with E-state index in [0.29, 0.717) is 18.7 Å². The maximum absolute atomic E-state index is 13.1. The van der Waals surface area contributed by atoms with Crippen molar-refractivity contribution in [3.8, 4) is 11.5 Å². The molecule has 1 fully saturated rings. The van der Waals surface area contributed by atoms with Gasteiger partial charge in [0.25, 0.3) is 0 Å². The van der Waals surface area contributed by atoms with Crippen molar-refractivity contribution in [1.82, 2.24) is 19.3 Å². The van der Waals surface area contributed by atoms with Gasteiger partial charge in [0.05, 0.1) is 25.2 Å². The van der Waals surface area contributed by atoms with Crippen LogP contribution in [-0.2, 0) is 48.9 Å². The van der Waals surface area contributed by atoms with Gasteiger partial charge in [0, 0.05) is 37.7 Å². The number of phenolic OH excluding ortho intramolecular Hbond substituents is 1. The summed E-state index contributed by atoms with van der Waals surface area (Å²) in [4.78, 5) is 12.9. The molecule has 0 aliphatic carbocycles. The monoisotopic (exact) mass is 678 g/mol. The molecule has 3 heterocycles. The number of fused-ring (bicyclic) bond motifs is 2. The summed E-state index contributed by atoms with van der Waals surface area (Å²) in [5.41, 5.74) is 6.53. The first-order valence-electron chi connectivity index (χ1n) is 16.5. The smallest absolute Gasteiger partial charge is 0.385 e. The van der Waals surface area contributed by atoms with Crippen molar-refractivity contribution in [3.05, 3.63) is 81.9 Å². The summed E-state index contributed by atoms with van der Waals surface area (Å²) in [5, 5.41) is 18.9. The predicted molar refractivity (Wildman–Crippen MR) is 178 cm³/mol. The quantitative estimate of drug-likeness (QED) is 0.153. The van der Waals surface area contributed by atoms with Crippen LogP contribution in [0.1, 0.15) is 78.3 Å². The number of hydrogen-bond donors (Lipinski definition) is 1. The Labute approximate surface area is 280 Å². The Kier molecular flexibility index (Phi) is 10.3. The first-order valence-corrected chi connectivity index (χ1v) is 17.8. The number of esters is 1. The Balaban J connectivity index is 1.26. The van der Waals surface area contributed by atoms with Gasteiger partial charge in [-0.15, -0.1) is 5.10 Å². The highest BCUT2D eigenvalue weighted by atomic mass is 32.2. The average Bonchev–Trinajstić information content (AvgIpc) is 3.48. The van der Waals surface area contributed by atoms with E-state index in [1.807, 2.05) is 48.9 Å². The number of phenols is 1. The number of nitrogens with zero attached hydrogens (tertiary/aromatic N) is 4. The molecule has 2 aliphatic heterocycles. The third-order valence-electron chi connectivity index (χ3n) is 9.01. The van der Waals surface area contributed by atoms with E-state index in [0.717, 1.165) is 71.1 Å². The van der Waals surface area contributed by atoms with Crippen LogP contribution in [-0.4, -0.2) is 64.9 Å². The molecule has 13 heteroatoms. The molecule has 0 amide bonds. The van der Waals surface area contributed by atoms with E-state index in [9.17, 15) is 18.3 Å². The maximum atomic E-state index is 13.1. The molecule has 0 radical (unpaired) electrons. The summed E-state index contributed by atoms with van der Waals surface area (Å²) < 4.78 is 51.5. The van der Waals surface area contributed by atoms with Crippen molar-refractivity contribution >= 4 is 27.3 Å².